The maximum absolute atomic E-state index is 11.3. The third-order valence-electron chi connectivity index (χ3n) is 12.2. The van der Waals surface area contributed by atoms with Gasteiger partial charge in [-0.25, -0.2) is 4.98 Å². The van der Waals surface area contributed by atoms with Gasteiger partial charge in [0.05, 0.1) is 22.3 Å². The molecule has 1 aliphatic carbocycles. The summed E-state index contributed by atoms with van der Waals surface area (Å²) in [4.78, 5) is 10.6. The molecule has 59 heavy (non-hydrogen) atoms. The van der Waals surface area contributed by atoms with Gasteiger partial charge in [-0.2, -0.15) is 0 Å². The molecule has 1 aliphatic rings. The molecule has 0 saturated heterocycles. The maximum atomic E-state index is 11.3. The molecule has 0 saturated carbocycles. The van der Waals surface area contributed by atoms with Crippen LogP contribution in [0.3, 0.4) is 0 Å². The Morgan fingerprint density at radius 1 is 0.593 bits per heavy atom. The molecule has 0 atom stereocenters. The Morgan fingerprint density at radius 3 is 1.98 bits per heavy atom. The van der Waals surface area contributed by atoms with Gasteiger partial charge in [-0.15, -0.1) is 29.3 Å². The van der Waals surface area contributed by atoms with Crippen LogP contribution in [0.15, 0.2) is 176 Å². The van der Waals surface area contributed by atoms with E-state index >= 15 is 0 Å². The van der Waals surface area contributed by atoms with Crippen LogP contribution in [0.5, 0.6) is 5.75 Å². The fourth-order valence-electron chi connectivity index (χ4n) is 9.01. The number of imidazole rings is 1. The second-order valence-corrected chi connectivity index (χ2v) is 16.3. The summed E-state index contributed by atoms with van der Waals surface area (Å²) in [6, 6.07) is 62.8. The molecule has 0 fully saturated rings. The molecule has 0 spiro atoms. The first-order valence-corrected chi connectivity index (χ1v) is 19.9. The topological polar surface area (TPSA) is 50.9 Å². The smallest absolute Gasteiger partial charge is 0.148 e. The Morgan fingerprint density at radius 2 is 1.22 bits per heavy atom. The number of pyridine rings is 1. The molecule has 7 aromatic carbocycles. The van der Waals surface area contributed by atoms with Crippen LogP contribution in [0.2, 0.25) is 0 Å². The average molecular weight is 944 g/mol. The summed E-state index contributed by atoms with van der Waals surface area (Å²) in [5, 5.41) is 11.3. The van der Waals surface area contributed by atoms with Gasteiger partial charge in [0.25, 0.3) is 0 Å². The Labute approximate surface area is 360 Å². The number of rotatable bonds is 7. The summed E-state index contributed by atoms with van der Waals surface area (Å²) >= 11 is 0. The second kappa shape index (κ2) is 14.8. The van der Waals surface area contributed by atoms with Gasteiger partial charge in [-0.05, 0) is 63.7 Å². The zero-order valence-electron chi connectivity index (χ0n) is 33.3. The molecule has 9 aromatic rings. The van der Waals surface area contributed by atoms with E-state index in [0.29, 0.717) is 11.4 Å². The van der Waals surface area contributed by atoms with E-state index in [1.165, 1.54) is 27.8 Å². The van der Waals surface area contributed by atoms with Gasteiger partial charge in [-0.3, -0.25) is 9.55 Å². The van der Waals surface area contributed by atoms with Crippen molar-refractivity contribution in [2.45, 2.75) is 38.5 Å². The van der Waals surface area contributed by atoms with E-state index in [1.54, 1.807) is 6.07 Å². The predicted octanol–water partition coefficient (Wildman–Crippen LogP) is 13.2. The van der Waals surface area contributed by atoms with Crippen LogP contribution >= 0.6 is 0 Å². The van der Waals surface area contributed by atoms with Gasteiger partial charge < -0.3 is 5.11 Å². The molecule has 1 N–H and O–H groups in total. The molecular formula is C54H42N3OPt-. The van der Waals surface area contributed by atoms with Crippen molar-refractivity contribution >= 4 is 11.0 Å². The normalized spacial score (nSPS) is 12.8. The number of hydrogen-bond acceptors (Lipinski definition) is 3. The van der Waals surface area contributed by atoms with Gasteiger partial charge in [0.15, 0.2) is 0 Å². The van der Waals surface area contributed by atoms with Crippen LogP contribution in [0.4, 0.5) is 0 Å². The van der Waals surface area contributed by atoms with E-state index in [9.17, 15) is 5.11 Å². The van der Waals surface area contributed by atoms with Gasteiger partial charge in [-0.1, -0.05) is 166 Å². The van der Waals surface area contributed by atoms with Gasteiger partial charge >= 0.3 is 0 Å². The molecule has 2 aromatic heterocycles. The number of aromatic hydroxyl groups is 1. The number of aromatic nitrogens is 3. The standard InChI is InChI=1S/C54H42N3O.Pt/c1-53(2,38-20-9-6-10-21-38)39-33-36(32-37(34-39)50-49-42-23-11-14-26-44(42)54(3,4)45(49)30-31-55-50)41-25-17-28-47-51(41)56-52(43-24-13-16-29-48(43)58)57(47)46-27-15-12-22-40(46)35-18-7-5-8-19-35;/h5-31,33-34,58H,1-4H3;/q-1;. The van der Waals surface area contributed by atoms with Gasteiger partial charge in [0.1, 0.15) is 11.6 Å². The molecular weight excluding hydrogens is 902 g/mol. The van der Waals surface area contributed by atoms with Crippen LogP contribution in [0.25, 0.3) is 72.7 Å². The van der Waals surface area contributed by atoms with Crippen molar-refractivity contribution in [2.24, 2.45) is 0 Å². The van der Waals surface area contributed by atoms with Crippen molar-refractivity contribution in [1.82, 2.24) is 14.5 Å². The van der Waals surface area contributed by atoms with E-state index in [4.69, 9.17) is 9.97 Å². The molecule has 5 heteroatoms. The van der Waals surface area contributed by atoms with Crippen LogP contribution < -0.4 is 0 Å². The summed E-state index contributed by atoms with van der Waals surface area (Å²) < 4.78 is 2.19. The van der Waals surface area contributed by atoms with E-state index in [1.807, 2.05) is 30.5 Å². The van der Waals surface area contributed by atoms with Crippen molar-refractivity contribution < 1.29 is 26.2 Å². The van der Waals surface area contributed by atoms with E-state index in [2.05, 4.69) is 178 Å². The second-order valence-electron chi connectivity index (χ2n) is 16.3. The maximum Gasteiger partial charge on any atom is 0.148 e. The van der Waals surface area contributed by atoms with Gasteiger partial charge in [0, 0.05) is 49.3 Å². The summed E-state index contributed by atoms with van der Waals surface area (Å²) in [6.07, 6.45) is 1.95. The molecule has 4 nitrogen and oxygen atoms in total. The Bertz CT molecular complexity index is 3020. The van der Waals surface area contributed by atoms with Crippen molar-refractivity contribution in [3.8, 4) is 67.5 Å². The first-order chi connectivity index (χ1) is 28.2. The van der Waals surface area contributed by atoms with Gasteiger partial charge in [0.2, 0.25) is 0 Å². The predicted molar refractivity (Wildman–Crippen MR) is 237 cm³/mol. The van der Waals surface area contributed by atoms with Crippen LogP contribution in [0, 0.1) is 6.07 Å². The summed E-state index contributed by atoms with van der Waals surface area (Å²) in [5.74, 6) is 0.830. The number of para-hydroxylation sites is 3. The van der Waals surface area contributed by atoms with Crippen molar-refractivity contribution in [3.05, 3.63) is 204 Å². The minimum Gasteiger partial charge on any atom is -0.507 e. The van der Waals surface area contributed by atoms with Crippen molar-refractivity contribution in [3.63, 3.8) is 0 Å². The Hall–Kier alpha value is -6.35. The molecule has 2 heterocycles. The zero-order valence-corrected chi connectivity index (χ0v) is 35.6. The third-order valence-corrected chi connectivity index (χ3v) is 12.2. The van der Waals surface area contributed by atoms with Crippen LogP contribution in [0.1, 0.15) is 49.9 Å². The molecule has 0 unspecified atom stereocenters. The molecule has 0 amide bonds. The number of nitrogens with zero attached hydrogens (tertiary/aromatic N) is 3. The minimum absolute atomic E-state index is 0. The van der Waals surface area contributed by atoms with Crippen molar-refractivity contribution in [2.75, 3.05) is 0 Å². The number of phenolic OH excluding ortho intramolecular Hbond substituents is 1. The first-order valence-electron chi connectivity index (χ1n) is 19.9. The van der Waals surface area contributed by atoms with Crippen LogP contribution in [-0.2, 0) is 31.9 Å². The van der Waals surface area contributed by atoms with E-state index < -0.39 is 0 Å². The van der Waals surface area contributed by atoms with Crippen molar-refractivity contribution in [1.29, 1.82) is 0 Å². The molecule has 10 rings (SSSR count). The molecule has 0 radical (unpaired) electrons. The SMILES string of the molecule is CC(C)(c1ccccc1)c1cc(-c2nccc3c2-c2ccccc2C3(C)C)[c-]c(-c2cccc3c2nc(-c2ccccc2O)n3-c2ccccc2-c2ccccc2)c1.[Pt]. The van der Waals surface area contributed by atoms with E-state index in [-0.39, 0.29) is 37.6 Å². The quantitative estimate of drug-likeness (QED) is 0.162. The first kappa shape index (κ1) is 38.2. The Kier molecular flexibility index (Phi) is 9.57. The largest absolute Gasteiger partial charge is 0.507 e. The number of hydrogen-bond donors (Lipinski definition) is 1. The fourth-order valence-corrected chi connectivity index (χ4v) is 9.01. The summed E-state index contributed by atoms with van der Waals surface area (Å²) in [7, 11) is 0. The summed E-state index contributed by atoms with van der Waals surface area (Å²) in [5.41, 5.74) is 16.1. The monoisotopic (exact) mass is 943 g/mol. The van der Waals surface area contributed by atoms with Crippen LogP contribution in [-0.4, -0.2) is 19.6 Å². The number of phenols is 1. The molecule has 0 bridgehead atoms. The number of benzene rings is 7. The molecule has 0 aliphatic heterocycles. The molecule has 290 valence electrons. The third kappa shape index (κ3) is 6.26. The summed E-state index contributed by atoms with van der Waals surface area (Å²) in [6.45, 7) is 9.19. The van der Waals surface area contributed by atoms with E-state index in [0.717, 1.165) is 55.8 Å². The minimum atomic E-state index is -0.349. The zero-order chi connectivity index (χ0) is 39.6. The number of fused-ring (bicyclic) bond motifs is 4. The fraction of sp³-hybridized carbons (Fsp3) is 0.111. The Balaban J connectivity index is 0.00000449. The average Bonchev–Trinajstić information content (AvgIpc) is 3.76.